The van der Waals surface area contributed by atoms with Crippen molar-refractivity contribution in [3.8, 4) is 0 Å². The zero-order valence-electron chi connectivity index (χ0n) is 7.91. The first-order valence-corrected chi connectivity index (χ1v) is 4.19. The highest BCUT2D eigenvalue weighted by Crippen LogP contribution is 2.19. The monoisotopic (exact) mass is 199 g/mol. The van der Waals surface area contributed by atoms with Crippen LogP contribution in [0, 0.1) is 0 Å². The van der Waals surface area contributed by atoms with Crippen LogP contribution in [0.15, 0.2) is 0 Å². The van der Waals surface area contributed by atoms with Crippen LogP contribution in [-0.4, -0.2) is 30.0 Å². The number of halogens is 3. The Kier molecular flexibility index (Phi) is 4.70. The lowest BCUT2D eigenvalue weighted by Gasteiger charge is -2.25. The fourth-order valence-corrected chi connectivity index (χ4v) is 0.911. The lowest BCUT2D eigenvalue weighted by Crippen LogP contribution is -2.41. The van der Waals surface area contributed by atoms with E-state index in [1.54, 1.807) is 13.8 Å². The minimum absolute atomic E-state index is 0.0218. The SMILES string of the molecule is CC(C)(CCO)NCCC(F)(F)F. The summed E-state index contributed by atoms with van der Waals surface area (Å²) in [6.07, 6.45) is -4.49. The van der Waals surface area contributed by atoms with Gasteiger partial charge in [0.15, 0.2) is 0 Å². The van der Waals surface area contributed by atoms with Crippen molar-refractivity contribution >= 4 is 0 Å². The summed E-state index contributed by atoms with van der Waals surface area (Å²) in [5, 5.41) is 11.3. The maximum absolute atomic E-state index is 11.7. The van der Waals surface area contributed by atoms with Gasteiger partial charge in [0.2, 0.25) is 0 Å². The Morgan fingerprint density at radius 3 is 2.08 bits per heavy atom. The molecule has 0 aliphatic rings. The largest absolute Gasteiger partial charge is 0.396 e. The standard InChI is InChI=1S/C8H16F3NO/c1-7(2,4-6-13)12-5-3-8(9,10)11/h12-13H,3-6H2,1-2H3. The fraction of sp³-hybridized carbons (Fsp3) is 1.00. The molecule has 13 heavy (non-hydrogen) atoms. The first-order valence-electron chi connectivity index (χ1n) is 4.19. The van der Waals surface area contributed by atoms with Crippen molar-refractivity contribution in [3.05, 3.63) is 0 Å². The van der Waals surface area contributed by atoms with Crippen LogP contribution in [-0.2, 0) is 0 Å². The molecule has 0 heterocycles. The van der Waals surface area contributed by atoms with Gasteiger partial charge < -0.3 is 10.4 Å². The third-order valence-corrected chi connectivity index (χ3v) is 1.75. The van der Waals surface area contributed by atoms with E-state index < -0.39 is 18.1 Å². The molecule has 0 rings (SSSR count). The molecule has 0 aliphatic heterocycles. The number of hydrogen-bond donors (Lipinski definition) is 2. The Hall–Kier alpha value is -0.290. The predicted octanol–water partition coefficient (Wildman–Crippen LogP) is 1.69. The summed E-state index contributed by atoms with van der Waals surface area (Å²) in [6, 6.07) is 0. The molecule has 0 fully saturated rings. The Morgan fingerprint density at radius 2 is 1.69 bits per heavy atom. The zero-order valence-corrected chi connectivity index (χ0v) is 7.91. The van der Waals surface area contributed by atoms with Gasteiger partial charge in [-0.3, -0.25) is 0 Å². The summed E-state index contributed by atoms with van der Waals surface area (Å²) in [6.45, 7) is 3.40. The maximum atomic E-state index is 11.7. The van der Waals surface area contributed by atoms with E-state index in [0.29, 0.717) is 6.42 Å². The van der Waals surface area contributed by atoms with Crippen LogP contribution < -0.4 is 5.32 Å². The lowest BCUT2D eigenvalue weighted by molar-refractivity contribution is -0.134. The van der Waals surface area contributed by atoms with Crippen molar-refractivity contribution in [1.29, 1.82) is 0 Å². The summed E-state index contributed by atoms with van der Waals surface area (Å²) in [5.41, 5.74) is -0.431. The molecule has 5 heteroatoms. The average molecular weight is 199 g/mol. The van der Waals surface area contributed by atoms with E-state index in [1.807, 2.05) is 0 Å². The Bertz CT molecular complexity index is 145. The molecule has 0 unspecified atom stereocenters. The van der Waals surface area contributed by atoms with Crippen LogP contribution in [0.3, 0.4) is 0 Å². The molecule has 0 bridgehead atoms. The molecule has 2 nitrogen and oxygen atoms in total. The molecular weight excluding hydrogens is 183 g/mol. The van der Waals surface area contributed by atoms with Crippen molar-refractivity contribution in [2.45, 2.75) is 38.4 Å². The van der Waals surface area contributed by atoms with Gasteiger partial charge in [-0.2, -0.15) is 13.2 Å². The predicted molar refractivity (Wildman–Crippen MR) is 44.5 cm³/mol. The van der Waals surface area contributed by atoms with Gasteiger partial charge in [0.1, 0.15) is 0 Å². The van der Waals surface area contributed by atoms with Gasteiger partial charge in [0.25, 0.3) is 0 Å². The molecule has 0 aromatic rings. The van der Waals surface area contributed by atoms with Crippen LogP contribution in [0.25, 0.3) is 0 Å². The van der Waals surface area contributed by atoms with Crippen LogP contribution in [0.2, 0.25) is 0 Å². The minimum atomic E-state index is -4.11. The number of hydrogen-bond acceptors (Lipinski definition) is 2. The fourth-order valence-electron chi connectivity index (χ4n) is 0.911. The Balaban J connectivity index is 3.63. The molecular formula is C8H16F3NO. The highest BCUT2D eigenvalue weighted by atomic mass is 19.4. The van der Waals surface area contributed by atoms with E-state index in [1.165, 1.54) is 0 Å². The first-order chi connectivity index (χ1) is 5.77. The van der Waals surface area contributed by atoms with Gasteiger partial charge in [-0.1, -0.05) is 0 Å². The van der Waals surface area contributed by atoms with Crippen molar-refractivity contribution < 1.29 is 18.3 Å². The van der Waals surface area contributed by atoms with E-state index in [9.17, 15) is 13.2 Å². The van der Waals surface area contributed by atoms with Gasteiger partial charge >= 0.3 is 6.18 Å². The molecule has 0 amide bonds. The molecule has 0 aromatic carbocycles. The summed E-state index contributed by atoms with van der Waals surface area (Å²) in [5.74, 6) is 0. The van der Waals surface area contributed by atoms with Crippen LogP contribution in [0.4, 0.5) is 13.2 Å². The topological polar surface area (TPSA) is 32.3 Å². The Morgan fingerprint density at radius 1 is 1.15 bits per heavy atom. The van der Waals surface area contributed by atoms with Crippen molar-refractivity contribution in [3.63, 3.8) is 0 Å². The van der Waals surface area contributed by atoms with Crippen molar-refractivity contribution in [2.24, 2.45) is 0 Å². The summed E-state index contributed by atoms with van der Waals surface area (Å²) >= 11 is 0. The third-order valence-electron chi connectivity index (χ3n) is 1.75. The van der Waals surface area contributed by atoms with E-state index in [2.05, 4.69) is 5.32 Å². The van der Waals surface area contributed by atoms with Gasteiger partial charge in [0.05, 0.1) is 6.42 Å². The van der Waals surface area contributed by atoms with Gasteiger partial charge in [-0.25, -0.2) is 0 Å². The van der Waals surface area contributed by atoms with Crippen molar-refractivity contribution in [2.75, 3.05) is 13.2 Å². The maximum Gasteiger partial charge on any atom is 0.390 e. The summed E-state index contributed by atoms with van der Waals surface area (Å²) in [4.78, 5) is 0. The second-order valence-corrected chi connectivity index (χ2v) is 3.65. The minimum Gasteiger partial charge on any atom is -0.396 e. The molecule has 0 atom stereocenters. The van der Waals surface area contributed by atoms with Gasteiger partial charge in [-0.15, -0.1) is 0 Å². The van der Waals surface area contributed by atoms with Crippen LogP contribution in [0.1, 0.15) is 26.7 Å². The summed E-state index contributed by atoms with van der Waals surface area (Å²) in [7, 11) is 0. The molecule has 0 saturated carbocycles. The van der Waals surface area contributed by atoms with E-state index in [-0.39, 0.29) is 13.2 Å². The molecule has 0 radical (unpaired) electrons. The summed E-state index contributed by atoms with van der Waals surface area (Å²) < 4.78 is 35.2. The molecule has 0 aliphatic carbocycles. The van der Waals surface area contributed by atoms with Gasteiger partial charge in [-0.05, 0) is 20.3 Å². The number of nitrogens with one attached hydrogen (secondary N) is 1. The smallest absolute Gasteiger partial charge is 0.390 e. The molecule has 0 saturated heterocycles. The van der Waals surface area contributed by atoms with Crippen molar-refractivity contribution in [1.82, 2.24) is 5.32 Å². The molecule has 0 spiro atoms. The van der Waals surface area contributed by atoms with E-state index in [0.717, 1.165) is 0 Å². The number of rotatable bonds is 5. The number of alkyl halides is 3. The van der Waals surface area contributed by atoms with E-state index >= 15 is 0 Å². The number of aliphatic hydroxyl groups is 1. The zero-order chi connectivity index (χ0) is 10.5. The molecule has 2 N–H and O–H groups in total. The highest BCUT2D eigenvalue weighted by Gasteiger charge is 2.27. The quantitative estimate of drug-likeness (QED) is 0.706. The Labute approximate surface area is 76.1 Å². The molecule has 0 aromatic heterocycles. The first kappa shape index (κ1) is 12.7. The average Bonchev–Trinajstić information content (AvgIpc) is 1.82. The lowest BCUT2D eigenvalue weighted by atomic mass is 10.0. The van der Waals surface area contributed by atoms with Crippen LogP contribution >= 0.6 is 0 Å². The second kappa shape index (κ2) is 4.81. The number of aliphatic hydroxyl groups excluding tert-OH is 1. The normalized spacial score (nSPS) is 13.4. The highest BCUT2D eigenvalue weighted by molar-refractivity contribution is 4.76. The van der Waals surface area contributed by atoms with Gasteiger partial charge in [0, 0.05) is 18.7 Å². The van der Waals surface area contributed by atoms with E-state index in [4.69, 9.17) is 5.11 Å². The van der Waals surface area contributed by atoms with Crippen LogP contribution in [0.5, 0.6) is 0 Å². The second-order valence-electron chi connectivity index (χ2n) is 3.65. The molecule has 80 valence electrons. The third kappa shape index (κ3) is 8.05.